The third-order valence-corrected chi connectivity index (χ3v) is 0.827. The highest BCUT2D eigenvalue weighted by Gasteiger charge is 2.02. The van der Waals surface area contributed by atoms with Crippen molar-refractivity contribution in [3.8, 4) is 0 Å². The number of hydrogen-bond donors (Lipinski definition) is 3. The number of phosphoric acid groups is 1. The zero-order valence-electron chi connectivity index (χ0n) is 6.34. The van der Waals surface area contributed by atoms with Crippen molar-refractivity contribution in [2.45, 2.75) is 0 Å². The van der Waals surface area contributed by atoms with Gasteiger partial charge in [-0.05, 0) is 12.2 Å². The Morgan fingerprint density at radius 1 is 1.46 bits per heavy atom. The number of halogens is 2. The standard InChI is InChI=1S/C5H5F2N.H3O4P/c6-5-2-1-3-8(7)4-5;1-5(2,3)4/h1-3H,4H2;(H3,1,2,3,4). The number of allylic oxidation sites excluding steroid dienone is 2. The summed E-state index contributed by atoms with van der Waals surface area (Å²) in [7, 11) is -4.64. The molecule has 0 aliphatic carbocycles. The lowest BCUT2D eigenvalue weighted by atomic mass is 10.4. The maximum atomic E-state index is 12.0. The van der Waals surface area contributed by atoms with Crippen LogP contribution in [0, 0.1) is 0 Å². The lowest BCUT2D eigenvalue weighted by Gasteiger charge is -2.08. The van der Waals surface area contributed by atoms with Crippen LogP contribution in [0.5, 0.6) is 0 Å². The predicted molar refractivity (Wildman–Crippen MR) is 40.4 cm³/mol. The van der Waals surface area contributed by atoms with Crippen LogP contribution in [0.4, 0.5) is 8.87 Å². The summed E-state index contributed by atoms with van der Waals surface area (Å²) >= 11 is 0. The van der Waals surface area contributed by atoms with E-state index in [1.807, 2.05) is 0 Å². The first-order valence-electron chi connectivity index (χ1n) is 3.02. The molecule has 0 amide bonds. The van der Waals surface area contributed by atoms with Crippen molar-refractivity contribution in [3.63, 3.8) is 0 Å². The van der Waals surface area contributed by atoms with Crippen molar-refractivity contribution in [2.24, 2.45) is 0 Å². The van der Waals surface area contributed by atoms with Gasteiger partial charge in [-0.2, -0.15) is 0 Å². The second-order valence-electron chi connectivity index (χ2n) is 2.03. The molecule has 8 heteroatoms. The molecule has 0 aromatic rings. The molecular weight excluding hydrogens is 207 g/mol. The van der Waals surface area contributed by atoms with E-state index in [-0.39, 0.29) is 11.7 Å². The lowest BCUT2D eigenvalue weighted by molar-refractivity contribution is 0.0929. The number of hydrogen-bond acceptors (Lipinski definition) is 2. The van der Waals surface area contributed by atoms with E-state index in [0.29, 0.717) is 0 Å². The third kappa shape index (κ3) is 11.2. The van der Waals surface area contributed by atoms with Crippen LogP contribution in [0.2, 0.25) is 0 Å². The van der Waals surface area contributed by atoms with Gasteiger partial charge < -0.3 is 14.7 Å². The summed E-state index contributed by atoms with van der Waals surface area (Å²) in [4.78, 5) is 21.6. The topological polar surface area (TPSA) is 81.0 Å². The van der Waals surface area contributed by atoms with Crippen molar-refractivity contribution >= 4 is 7.82 Å². The Kier molecular flexibility index (Phi) is 4.79. The summed E-state index contributed by atoms with van der Waals surface area (Å²) in [6.07, 6.45) is 3.72. The average Bonchev–Trinajstić information content (AvgIpc) is 1.81. The molecule has 0 spiro atoms. The second-order valence-corrected chi connectivity index (χ2v) is 3.05. The first-order chi connectivity index (χ1) is 5.79. The summed E-state index contributed by atoms with van der Waals surface area (Å²) in [5.74, 6) is -0.449. The van der Waals surface area contributed by atoms with Gasteiger partial charge in [0.1, 0.15) is 12.4 Å². The van der Waals surface area contributed by atoms with Gasteiger partial charge in [-0.25, -0.2) is 14.1 Å². The Bertz CT molecular complexity index is 253. The molecule has 0 aromatic heterocycles. The molecule has 0 saturated carbocycles. The predicted octanol–water partition coefficient (Wildman–Crippen LogP) is 0.625. The molecule has 0 saturated heterocycles. The molecule has 3 N–H and O–H groups in total. The molecule has 0 unspecified atom stereocenters. The van der Waals surface area contributed by atoms with Crippen LogP contribution in [-0.4, -0.2) is 26.3 Å². The van der Waals surface area contributed by atoms with E-state index in [2.05, 4.69) is 0 Å². The summed E-state index contributed by atoms with van der Waals surface area (Å²) < 4.78 is 32.7. The van der Waals surface area contributed by atoms with Crippen LogP contribution in [0.3, 0.4) is 0 Å². The first-order valence-corrected chi connectivity index (χ1v) is 4.59. The van der Waals surface area contributed by atoms with Gasteiger partial charge in [0.15, 0.2) is 0 Å². The van der Waals surface area contributed by atoms with Crippen LogP contribution >= 0.6 is 7.82 Å². The van der Waals surface area contributed by atoms with E-state index in [4.69, 9.17) is 19.2 Å². The molecule has 76 valence electrons. The quantitative estimate of drug-likeness (QED) is 0.407. The molecule has 0 bridgehead atoms. The molecule has 1 aliphatic heterocycles. The molecule has 1 rings (SSSR count). The largest absolute Gasteiger partial charge is 0.466 e. The van der Waals surface area contributed by atoms with E-state index in [0.717, 1.165) is 0 Å². The summed E-state index contributed by atoms with van der Waals surface area (Å²) in [6.45, 7) is -0.253. The van der Waals surface area contributed by atoms with Crippen LogP contribution in [-0.2, 0) is 4.57 Å². The van der Waals surface area contributed by atoms with Crippen molar-refractivity contribution in [1.82, 2.24) is 5.12 Å². The van der Waals surface area contributed by atoms with E-state index in [1.165, 1.54) is 18.4 Å². The van der Waals surface area contributed by atoms with Crippen molar-refractivity contribution in [1.29, 1.82) is 0 Å². The average molecular weight is 215 g/mol. The zero-order valence-corrected chi connectivity index (χ0v) is 7.23. The van der Waals surface area contributed by atoms with Gasteiger partial charge in [-0.3, -0.25) is 0 Å². The SMILES string of the molecule is FC1=CC=CN(F)C1.O=P(O)(O)O. The summed E-state index contributed by atoms with van der Waals surface area (Å²) in [5, 5.41) is 0.287. The van der Waals surface area contributed by atoms with Crippen LogP contribution in [0.1, 0.15) is 0 Å². The van der Waals surface area contributed by atoms with E-state index in [9.17, 15) is 8.87 Å². The van der Waals surface area contributed by atoms with E-state index >= 15 is 0 Å². The Hall–Kier alpha value is -0.750. The van der Waals surface area contributed by atoms with Gasteiger partial charge in [-0.15, -0.1) is 4.48 Å². The highest BCUT2D eigenvalue weighted by molar-refractivity contribution is 7.45. The lowest BCUT2D eigenvalue weighted by Crippen LogP contribution is -2.09. The van der Waals surface area contributed by atoms with Gasteiger partial charge >= 0.3 is 7.82 Å². The highest BCUT2D eigenvalue weighted by atomic mass is 31.2. The van der Waals surface area contributed by atoms with Gasteiger partial charge in [0.05, 0.1) is 0 Å². The zero-order chi connectivity index (χ0) is 10.5. The summed E-state index contributed by atoms with van der Waals surface area (Å²) in [6, 6.07) is 0. The highest BCUT2D eigenvalue weighted by Crippen LogP contribution is 2.25. The second kappa shape index (κ2) is 5.08. The van der Waals surface area contributed by atoms with Gasteiger partial charge in [0.25, 0.3) is 0 Å². The van der Waals surface area contributed by atoms with E-state index < -0.39 is 13.6 Å². The van der Waals surface area contributed by atoms with Crippen LogP contribution < -0.4 is 0 Å². The van der Waals surface area contributed by atoms with Crippen molar-refractivity contribution < 1.29 is 28.1 Å². The molecule has 0 radical (unpaired) electrons. The van der Waals surface area contributed by atoms with Crippen LogP contribution in [0.25, 0.3) is 0 Å². The van der Waals surface area contributed by atoms with Crippen molar-refractivity contribution in [3.05, 3.63) is 24.2 Å². The molecule has 1 aliphatic rings. The first kappa shape index (κ1) is 12.2. The van der Waals surface area contributed by atoms with Crippen LogP contribution in [0.15, 0.2) is 24.2 Å². The normalized spacial score (nSPS) is 16.1. The minimum Gasteiger partial charge on any atom is -0.303 e. The van der Waals surface area contributed by atoms with E-state index in [1.54, 1.807) is 0 Å². The minimum absolute atomic E-state index is 0.253. The fourth-order valence-corrected chi connectivity index (χ4v) is 0.491. The molecule has 0 aromatic carbocycles. The molecule has 5 nitrogen and oxygen atoms in total. The van der Waals surface area contributed by atoms with Crippen molar-refractivity contribution in [2.75, 3.05) is 6.54 Å². The van der Waals surface area contributed by atoms with Gasteiger partial charge in [0.2, 0.25) is 0 Å². The molecular formula is C5H8F2NO4P. The Labute approximate surface area is 72.8 Å². The Balaban J connectivity index is 0.000000252. The summed E-state index contributed by atoms with van der Waals surface area (Å²) in [5.41, 5.74) is 0. The molecule has 13 heavy (non-hydrogen) atoms. The maximum Gasteiger partial charge on any atom is 0.466 e. The molecule has 0 fully saturated rings. The molecule has 0 atom stereocenters. The minimum atomic E-state index is -4.64. The number of rotatable bonds is 0. The van der Waals surface area contributed by atoms with Gasteiger partial charge in [-0.1, -0.05) is 0 Å². The fraction of sp³-hybridized carbons (Fsp3) is 0.200. The smallest absolute Gasteiger partial charge is 0.303 e. The molecule has 1 heterocycles. The third-order valence-electron chi connectivity index (χ3n) is 0.827. The van der Waals surface area contributed by atoms with Gasteiger partial charge in [0, 0.05) is 6.20 Å². The monoisotopic (exact) mass is 215 g/mol. The maximum absolute atomic E-state index is 12.0. The fourth-order valence-electron chi connectivity index (χ4n) is 0.491. The number of nitrogens with zero attached hydrogens (tertiary/aromatic N) is 1. The Morgan fingerprint density at radius 2 is 1.92 bits per heavy atom. The Morgan fingerprint density at radius 3 is 2.15 bits per heavy atom.